The minimum absolute atomic E-state index is 0.0360. The van der Waals surface area contributed by atoms with Gasteiger partial charge < -0.3 is 45.1 Å². The lowest BCUT2D eigenvalue weighted by molar-refractivity contribution is -0.0439. The zero-order valence-corrected chi connectivity index (χ0v) is 23.0. The highest BCUT2D eigenvalue weighted by Gasteiger charge is 2.42. The molecule has 4 aromatic rings. The third kappa shape index (κ3) is 5.43. The molecule has 4 aromatic heterocycles. The number of ether oxygens (including phenoxy) is 2. The number of rotatable bonds is 9. The van der Waals surface area contributed by atoms with Crippen LogP contribution < -0.4 is 17.0 Å². The summed E-state index contributed by atoms with van der Waals surface area (Å²) in [5, 5.41) is 24.2. The first kappa shape index (κ1) is 28.0. The molecule has 0 bridgehead atoms. The van der Waals surface area contributed by atoms with Crippen LogP contribution in [0.5, 0.6) is 0 Å². The molecular weight excluding hydrogens is 583 g/mol. The van der Waals surface area contributed by atoms with E-state index in [0.29, 0.717) is 11.3 Å². The Hall–Kier alpha value is -3.13. The van der Waals surface area contributed by atoms with Gasteiger partial charge in [-0.05, 0) is 18.2 Å². The molecule has 0 aliphatic carbocycles. The number of nitrogens with two attached hydrogens (primary N) is 2. The van der Waals surface area contributed by atoms with Gasteiger partial charge in [0.05, 0.1) is 37.0 Å². The highest BCUT2D eigenvalue weighted by molar-refractivity contribution is 8.07. The molecule has 7 atom stereocenters. The average molecular weight is 611 g/mol. The number of nitrogens with zero attached hydrogens (tertiary/aromatic N) is 7. The van der Waals surface area contributed by atoms with E-state index >= 15 is 0 Å². The number of anilines is 2. The van der Waals surface area contributed by atoms with Crippen LogP contribution in [0.1, 0.15) is 37.3 Å². The highest BCUT2D eigenvalue weighted by atomic mass is 32.5. The lowest BCUT2D eigenvalue weighted by Gasteiger charge is -2.25. The van der Waals surface area contributed by atoms with E-state index in [2.05, 4.69) is 30.0 Å². The first-order valence-electron chi connectivity index (χ1n) is 12.6. The van der Waals surface area contributed by atoms with E-state index in [0.717, 1.165) is 0 Å². The number of imidazole rings is 2. The first-order chi connectivity index (χ1) is 19.6. The number of hydrogen-bond donors (Lipinski definition) is 6. The van der Waals surface area contributed by atoms with E-state index in [1.54, 1.807) is 6.20 Å². The molecule has 8 N–H and O–H groups in total. The molecule has 0 radical (unpaired) electrons. The lowest BCUT2D eigenvalue weighted by atomic mass is 10.1. The fourth-order valence-electron chi connectivity index (χ4n) is 5.03. The van der Waals surface area contributed by atoms with Crippen LogP contribution in [0.4, 0.5) is 11.8 Å². The SMILES string of the molecule is Nc1nc2c(ncn2[C@@H]2O[C@H](CCO)C[C@H]2OP(O)(=S)OC[C@H]2O[C@@H](c3cnc4c(N)ncnn34)C[C@@H]2O)c(=O)[nH]1. The number of nitrogen functional groups attached to an aromatic ring is 2. The minimum atomic E-state index is -3.91. The molecule has 1 unspecified atom stereocenters. The maximum atomic E-state index is 12.2. The number of aromatic nitrogens is 8. The zero-order valence-electron chi connectivity index (χ0n) is 21.3. The van der Waals surface area contributed by atoms with Crippen molar-refractivity contribution in [2.24, 2.45) is 0 Å². The summed E-state index contributed by atoms with van der Waals surface area (Å²) in [5.41, 5.74) is 12.1. The maximum absolute atomic E-state index is 12.2. The van der Waals surface area contributed by atoms with Gasteiger partial charge in [0.15, 0.2) is 28.9 Å². The van der Waals surface area contributed by atoms with Gasteiger partial charge in [-0.3, -0.25) is 14.3 Å². The molecule has 2 aliphatic rings. The molecule has 0 spiro atoms. The molecule has 0 aromatic carbocycles. The van der Waals surface area contributed by atoms with Gasteiger partial charge in [0, 0.05) is 19.4 Å². The predicted octanol–water partition coefficient (Wildman–Crippen LogP) is -1.10. The summed E-state index contributed by atoms with van der Waals surface area (Å²) in [6, 6.07) is 0. The number of hydrogen-bond acceptors (Lipinski definition) is 15. The van der Waals surface area contributed by atoms with Crippen molar-refractivity contribution in [1.29, 1.82) is 0 Å². The topological polar surface area (TPSA) is 256 Å². The number of aromatic amines is 1. The smallest absolute Gasteiger partial charge is 0.325 e. The second-order valence-electron chi connectivity index (χ2n) is 9.61. The number of fused-ring (bicyclic) bond motifs is 2. The highest BCUT2D eigenvalue weighted by Crippen LogP contribution is 2.50. The summed E-state index contributed by atoms with van der Waals surface area (Å²) in [4.78, 5) is 41.9. The van der Waals surface area contributed by atoms with E-state index in [1.807, 2.05) is 0 Å². The maximum Gasteiger partial charge on any atom is 0.325 e. The molecule has 220 valence electrons. The van der Waals surface area contributed by atoms with Crippen molar-refractivity contribution in [2.75, 3.05) is 24.7 Å². The molecule has 2 aliphatic heterocycles. The Kier molecular flexibility index (Phi) is 7.47. The van der Waals surface area contributed by atoms with E-state index in [9.17, 15) is 19.9 Å². The largest absolute Gasteiger partial charge is 0.396 e. The zero-order chi connectivity index (χ0) is 28.9. The normalized spacial score (nSPS) is 28.1. The third-order valence-corrected chi connectivity index (χ3v) is 8.49. The Morgan fingerprint density at radius 2 is 2.05 bits per heavy atom. The molecule has 6 heterocycles. The number of aliphatic hydroxyl groups excluding tert-OH is 2. The van der Waals surface area contributed by atoms with Crippen LogP contribution in [0.3, 0.4) is 0 Å². The molecule has 18 nitrogen and oxygen atoms in total. The van der Waals surface area contributed by atoms with Crippen molar-refractivity contribution in [2.45, 2.75) is 56.0 Å². The summed E-state index contributed by atoms with van der Waals surface area (Å²) >= 11 is 5.28. The Labute approximate surface area is 235 Å². The monoisotopic (exact) mass is 610 g/mol. The van der Waals surface area contributed by atoms with Crippen molar-refractivity contribution in [3.05, 3.63) is 34.9 Å². The van der Waals surface area contributed by atoms with Crippen LogP contribution >= 0.6 is 6.72 Å². The molecule has 0 saturated carbocycles. The summed E-state index contributed by atoms with van der Waals surface area (Å²) in [5.74, 6) is 0.0865. The Morgan fingerprint density at radius 1 is 1.22 bits per heavy atom. The van der Waals surface area contributed by atoms with Gasteiger partial charge >= 0.3 is 6.72 Å². The fraction of sp³-hybridized carbons (Fsp3) is 0.524. The van der Waals surface area contributed by atoms with Crippen molar-refractivity contribution >= 4 is 47.1 Å². The summed E-state index contributed by atoms with van der Waals surface area (Å²) in [7, 11) is 0. The van der Waals surface area contributed by atoms with Gasteiger partial charge in [-0.15, -0.1) is 0 Å². The van der Waals surface area contributed by atoms with Gasteiger partial charge in [0.25, 0.3) is 5.56 Å². The van der Waals surface area contributed by atoms with Crippen molar-refractivity contribution in [3.8, 4) is 0 Å². The predicted molar refractivity (Wildman–Crippen MR) is 144 cm³/mol. The van der Waals surface area contributed by atoms with Gasteiger partial charge in [0.1, 0.15) is 24.6 Å². The van der Waals surface area contributed by atoms with E-state index in [4.69, 9.17) is 41.8 Å². The Morgan fingerprint density at radius 3 is 2.85 bits per heavy atom. The molecular formula is C21H27N10O8PS. The summed E-state index contributed by atoms with van der Waals surface area (Å²) in [6.07, 6.45) is 0.351. The van der Waals surface area contributed by atoms with Crippen LogP contribution in [0.25, 0.3) is 16.8 Å². The lowest BCUT2D eigenvalue weighted by Crippen LogP contribution is -2.27. The minimum Gasteiger partial charge on any atom is -0.396 e. The van der Waals surface area contributed by atoms with E-state index in [1.165, 1.54) is 21.7 Å². The Bertz CT molecular complexity index is 1680. The number of H-pyrrole nitrogens is 1. The second kappa shape index (κ2) is 10.9. The molecule has 0 amide bonds. The van der Waals surface area contributed by atoms with Crippen molar-refractivity contribution in [1.82, 2.24) is 39.1 Å². The molecule has 41 heavy (non-hydrogen) atoms. The molecule has 6 rings (SSSR count). The summed E-state index contributed by atoms with van der Waals surface area (Å²) < 4.78 is 26.4. The first-order valence-corrected chi connectivity index (χ1v) is 15.1. The van der Waals surface area contributed by atoms with Crippen LogP contribution in [-0.4, -0.2) is 91.8 Å². The summed E-state index contributed by atoms with van der Waals surface area (Å²) in [6.45, 7) is -4.32. The van der Waals surface area contributed by atoms with E-state index in [-0.39, 0.29) is 55.4 Å². The average Bonchev–Trinajstić information content (AvgIpc) is 3.68. The molecule has 2 fully saturated rings. The van der Waals surface area contributed by atoms with Crippen molar-refractivity contribution < 1.29 is 33.6 Å². The van der Waals surface area contributed by atoms with Gasteiger partial charge in [0.2, 0.25) is 5.95 Å². The fourth-order valence-corrected chi connectivity index (χ4v) is 6.47. The van der Waals surface area contributed by atoms with Crippen LogP contribution in [-0.2, 0) is 30.3 Å². The number of nitrogens with one attached hydrogen (secondary N) is 1. The van der Waals surface area contributed by atoms with Gasteiger partial charge in [-0.1, -0.05) is 0 Å². The van der Waals surface area contributed by atoms with Crippen LogP contribution in [0.15, 0.2) is 23.6 Å². The Balaban J connectivity index is 1.15. The quantitative estimate of drug-likeness (QED) is 0.123. The second-order valence-corrected chi connectivity index (χ2v) is 12.4. The van der Waals surface area contributed by atoms with Crippen LogP contribution in [0, 0.1) is 0 Å². The third-order valence-electron chi connectivity index (χ3n) is 6.90. The van der Waals surface area contributed by atoms with Crippen molar-refractivity contribution in [3.63, 3.8) is 0 Å². The van der Waals surface area contributed by atoms with Gasteiger partial charge in [-0.25, -0.2) is 19.5 Å². The van der Waals surface area contributed by atoms with E-state index < -0.39 is 49.0 Å². The molecule has 20 heteroatoms. The standard InChI is InChI=1S/C21H27N10O8PS/c22-16-18-24-5-10(31(18)27-7-25-16)12-4-11(33)14(38-12)6-36-40(35,41)39-13-3-9(1-2-32)37-20(13)30-8-26-15-17(30)28-21(23)29-19(15)34/h5,7-9,11-14,20,32-33H,1-4,6H2,(H,35,41)(H2,22,25,27)(H3,23,28,29,34)/t9-,11+,12-,13-,14-,20-,40?/m1/s1. The van der Waals surface area contributed by atoms with Crippen LogP contribution in [0.2, 0.25) is 0 Å². The van der Waals surface area contributed by atoms with Gasteiger partial charge in [-0.2, -0.15) is 10.1 Å². The number of aliphatic hydroxyl groups is 2. The molecule has 2 saturated heterocycles.